The molecule has 0 saturated carbocycles. The monoisotopic (exact) mass is 674 g/mol. The summed E-state index contributed by atoms with van der Waals surface area (Å²) in [4.78, 5) is -3.75. The predicted octanol–water partition coefficient (Wildman–Crippen LogP) is 9.37. The number of hydrogen-bond donors (Lipinski definition) is 0. The van der Waals surface area contributed by atoms with Crippen LogP contribution in [0.25, 0.3) is 12.2 Å². The molecule has 0 bridgehead atoms. The Labute approximate surface area is 232 Å². The van der Waals surface area contributed by atoms with Crippen molar-refractivity contribution in [1.82, 2.24) is 0 Å². The van der Waals surface area contributed by atoms with Crippen LogP contribution in [0.1, 0.15) is 11.1 Å². The van der Waals surface area contributed by atoms with E-state index < -0.39 is 127 Å². The van der Waals surface area contributed by atoms with Crippen LogP contribution in [0, 0.1) is 46.5 Å². The summed E-state index contributed by atoms with van der Waals surface area (Å²) in [7, 11) is 0. The third kappa shape index (κ3) is 7.31. The molecule has 0 aliphatic heterocycles. The Morgan fingerprint density at radius 1 is 0.476 bits per heavy atom. The quantitative estimate of drug-likeness (QED) is 0.120. The number of ether oxygens (including phenoxy) is 2. The van der Waals surface area contributed by atoms with Crippen molar-refractivity contribution in [2.24, 2.45) is 0 Å². The van der Waals surface area contributed by atoms with E-state index in [2.05, 4.69) is 22.6 Å². The molecule has 0 spiro atoms. The van der Waals surface area contributed by atoms with Gasteiger partial charge in [0.15, 0.2) is 46.5 Å². The van der Waals surface area contributed by atoms with Gasteiger partial charge in [0.25, 0.3) is 0 Å². The molecular weight excluding hydrogens is 664 g/mol. The van der Waals surface area contributed by atoms with E-state index in [0.29, 0.717) is 12.2 Å². The molecule has 234 valence electrons. The van der Waals surface area contributed by atoms with E-state index in [4.69, 9.17) is 0 Å². The average Bonchev–Trinajstić information content (AvgIpc) is 2.85. The van der Waals surface area contributed by atoms with Crippen molar-refractivity contribution in [3.63, 3.8) is 0 Å². The molecule has 0 saturated heterocycles. The Kier molecular flexibility index (Phi) is 10.7. The smallest absolute Gasteiger partial charge is 0.247 e. The Balaban J connectivity index is 2.20. The summed E-state index contributed by atoms with van der Waals surface area (Å²) in [6, 6.07) is 0. The van der Waals surface area contributed by atoms with Crippen LogP contribution in [-0.4, -0.2) is 35.9 Å². The standard InChI is InChI=1S/C22H10F16O2S2/c1-3-7-9(23)13(27)17(14(28)10(7)24)41-5-19(31,32)39-21(35,36)22(37,38)40-20(33,34)6-42-18-15(29)11(25)8(4-2)12(26)16(18)30/h3-4H,1-2,5-6H2. The molecule has 0 amide bonds. The van der Waals surface area contributed by atoms with Gasteiger partial charge in [-0.05, 0) is 0 Å². The van der Waals surface area contributed by atoms with Crippen molar-refractivity contribution >= 4 is 35.7 Å². The molecule has 0 atom stereocenters. The summed E-state index contributed by atoms with van der Waals surface area (Å²) in [5.74, 6) is -22.8. The highest BCUT2D eigenvalue weighted by Gasteiger charge is 2.67. The van der Waals surface area contributed by atoms with Crippen molar-refractivity contribution in [2.75, 3.05) is 11.5 Å². The molecule has 2 aromatic carbocycles. The van der Waals surface area contributed by atoms with Crippen LogP contribution in [-0.2, 0) is 9.47 Å². The van der Waals surface area contributed by atoms with E-state index in [1.807, 2.05) is 0 Å². The summed E-state index contributed by atoms with van der Waals surface area (Å²) < 4.78 is 226. The van der Waals surface area contributed by atoms with Crippen LogP contribution < -0.4 is 0 Å². The van der Waals surface area contributed by atoms with Crippen molar-refractivity contribution in [2.45, 2.75) is 34.2 Å². The maximum atomic E-state index is 13.9. The fourth-order valence-electron chi connectivity index (χ4n) is 2.73. The molecule has 2 aromatic rings. The molecule has 0 fully saturated rings. The zero-order valence-corrected chi connectivity index (χ0v) is 21.3. The lowest BCUT2D eigenvalue weighted by Crippen LogP contribution is -2.52. The second-order valence-corrected chi connectivity index (χ2v) is 9.47. The van der Waals surface area contributed by atoms with Gasteiger partial charge >= 0.3 is 24.4 Å². The number of alkyl halides is 8. The molecule has 0 aliphatic carbocycles. The zero-order chi connectivity index (χ0) is 32.6. The zero-order valence-electron chi connectivity index (χ0n) is 19.7. The van der Waals surface area contributed by atoms with Crippen molar-refractivity contribution in [1.29, 1.82) is 0 Å². The fraction of sp³-hybridized carbons (Fsp3) is 0.273. The van der Waals surface area contributed by atoms with Gasteiger partial charge in [0.05, 0.1) is 32.4 Å². The van der Waals surface area contributed by atoms with Gasteiger partial charge in [0, 0.05) is 0 Å². The SMILES string of the molecule is C=Cc1c(F)c(F)c(SCC(F)(F)OC(F)(F)C(F)(F)OC(F)(F)CSc2c(F)c(F)c(C=C)c(F)c2F)c(F)c1F. The van der Waals surface area contributed by atoms with Crippen LogP contribution in [0.15, 0.2) is 22.9 Å². The minimum atomic E-state index is -6.69. The van der Waals surface area contributed by atoms with Crippen molar-refractivity contribution < 1.29 is 79.7 Å². The Morgan fingerprint density at radius 3 is 0.929 bits per heavy atom. The third-order valence-electron chi connectivity index (χ3n) is 4.59. The molecule has 0 unspecified atom stereocenters. The normalized spacial score (nSPS) is 13.0. The topological polar surface area (TPSA) is 18.5 Å². The lowest BCUT2D eigenvalue weighted by molar-refractivity contribution is -0.507. The van der Waals surface area contributed by atoms with Crippen molar-refractivity contribution in [3.05, 3.63) is 70.8 Å². The molecular formula is C22H10F16O2S2. The summed E-state index contributed by atoms with van der Waals surface area (Å²) in [5.41, 5.74) is -2.76. The first-order valence-corrected chi connectivity index (χ1v) is 12.1. The lowest BCUT2D eigenvalue weighted by atomic mass is 10.2. The minimum Gasteiger partial charge on any atom is -0.247 e. The van der Waals surface area contributed by atoms with Gasteiger partial charge in [-0.3, -0.25) is 0 Å². The van der Waals surface area contributed by atoms with E-state index in [1.165, 1.54) is 0 Å². The summed E-state index contributed by atoms with van der Waals surface area (Å²) in [6.45, 7) is 5.68. The van der Waals surface area contributed by atoms with E-state index in [9.17, 15) is 70.2 Å². The van der Waals surface area contributed by atoms with E-state index >= 15 is 0 Å². The molecule has 0 heterocycles. The minimum absolute atomic E-state index is 0.294. The molecule has 42 heavy (non-hydrogen) atoms. The largest absolute Gasteiger partial charge is 0.453 e. The van der Waals surface area contributed by atoms with Crippen LogP contribution in [0.3, 0.4) is 0 Å². The van der Waals surface area contributed by atoms with Crippen LogP contribution in [0.4, 0.5) is 70.2 Å². The van der Waals surface area contributed by atoms with Gasteiger partial charge in [-0.1, -0.05) is 25.3 Å². The maximum absolute atomic E-state index is 13.9. The first kappa shape index (κ1) is 35.6. The Hall–Kier alpha value is -2.58. The second kappa shape index (κ2) is 12.6. The van der Waals surface area contributed by atoms with Gasteiger partial charge in [0.1, 0.15) is 0 Å². The van der Waals surface area contributed by atoms with E-state index in [1.54, 1.807) is 0 Å². The highest BCUT2D eigenvalue weighted by Crippen LogP contribution is 2.46. The molecule has 20 heteroatoms. The number of benzene rings is 2. The number of hydrogen-bond acceptors (Lipinski definition) is 4. The third-order valence-corrected chi connectivity index (χ3v) is 6.84. The molecule has 2 nitrogen and oxygen atoms in total. The van der Waals surface area contributed by atoms with Gasteiger partial charge in [0.2, 0.25) is 0 Å². The second-order valence-electron chi connectivity index (χ2n) is 7.50. The Morgan fingerprint density at radius 2 is 0.714 bits per heavy atom. The number of rotatable bonds is 13. The fourth-order valence-corrected chi connectivity index (χ4v) is 4.34. The highest BCUT2D eigenvalue weighted by molar-refractivity contribution is 7.99. The highest BCUT2D eigenvalue weighted by atomic mass is 32.2. The summed E-state index contributed by atoms with van der Waals surface area (Å²) >= 11 is -1.88. The van der Waals surface area contributed by atoms with E-state index in [-0.39, 0.29) is 0 Å². The van der Waals surface area contributed by atoms with E-state index in [0.717, 1.165) is 0 Å². The molecule has 0 aliphatic rings. The van der Waals surface area contributed by atoms with Crippen molar-refractivity contribution in [3.8, 4) is 0 Å². The lowest BCUT2D eigenvalue weighted by Gasteiger charge is -2.31. The Bertz CT molecular complexity index is 1220. The van der Waals surface area contributed by atoms with Crippen LogP contribution >= 0.6 is 23.5 Å². The predicted molar refractivity (Wildman–Crippen MR) is 116 cm³/mol. The number of thioether (sulfide) groups is 2. The van der Waals surface area contributed by atoms with Gasteiger partial charge in [-0.2, -0.15) is 35.1 Å². The molecule has 0 radical (unpaired) electrons. The van der Waals surface area contributed by atoms with Gasteiger partial charge in [-0.15, -0.1) is 23.5 Å². The molecule has 2 rings (SSSR count). The van der Waals surface area contributed by atoms with Crippen LogP contribution in [0.5, 0.6) is 0 Å². The van der Waals surface area contributed by atoms with Crippen LogP contribution in [0.2, 0.25) is 0 Å². The van der Waals surface area contributed by atoms with Gasteiger partial charge in [-0.25, -0.2) is 44.6 Å². The summed E-state index contributed by atoms with van der Waals surface area (Å²) in [5, 5.41) is 0. The first-order valence-electron chi connectivity index (χ1n) is 10.2. The number of halogens is 16. The van der Waals surface area contributed by atoms with Gasteiger partial charge < -0.3 is 0 Å². The molecule has 0 N–H and O–H groups in total. The first-order chi connectivity index (χ1) is 19.0. The molecule has 0 aromatic heterocycles. The summed E-state index contributed by atoms with van der Waals surface area (Å²) in [6.07, 6.45) is -24.0. The maximum Gasteiger partial charge on any atom is 0.453 e. The average molecular weight is 674 g/mol.